The van der Waals surface area contributed by atoms with E-state index in [1.165, 1.54) is 125 Å². The lowest BCUT2D eigenvalue weighted by Gasteiger charge is -2.29. The van der Waals surface area contributed by atoms with Crippen molar-refractivity contribution in [3.8, 4) is 75.1 Å². The van der Waals surface area contributed by atoms with Crippen LogP contribution in [0.2, 0.25) is 0 Å². The molecule has 0 aliphatic heterocycles. The lowest BCUT2D eigenvalue weighted by atomic mass is 9.74. The van der Waals surface area contributed by atoms with Gasteiger partial charge >= 0.3 is 0 Å². The van der Waals surface area contributed by atoms with Gasteiger partial charge in [0.25, 0.3) is 0 Å². The van der Waals surface area contributed by atoms with Crippen molar-refractivity contribution >= 4 is 33.4 Å². The maximum Gasteiger partial charge on any atom is 0.0351 e. The van der Waals surface area contributed by atoms with E-state index in [0.29, 0.717) is 0 Å². The highest BCUT2D eigenvalue weighted by molar-refractivity contribution is 7.19. The van der Waals surface area contributed by atoms with E-state index < -0.39 is 0 Å². The van der Waals surface area contributed by atoms with Crippen molar-refractivity contribution in [2.24, 2.45) is 0 Å². The summed E-state index contributed by atoms with van der Waals surface area (Å²) in [4.78, 5) is 5.10. The molecule has 0 spiro atoms. The van der Waals surface area contributed by atoms with Gasteiger partial charge in [0.05, 0.1) is 0 Å². The van der Waals surface area contributed by atoms with Crippen LogP contribution >= 0.6 is 22.7 Å². The summed E-state index contributed by atoms with van der Waals surface area (Å²) in [6.45, 7) is 4.76. The highest BCUT2D eigenvalue weighted by Gasteiger charge is 2.28. The van der Waals surface area contributed by atoms with Crippen LogP contribution in [0.25, 0.3) is 85.9 Å². The predicted molar refractivity (Wildman–Crippen MR) is 324 cm³/mol. The third kappa shape index (κ3) is 10.0. The van der Waals surface area contributed by atoms with Gasteiger partial charge in [-0.25, -0.2) is 0 Å². The van der Waals surface area contributed by atoms with Gasteiger partial charge in [-0.2, -0.15) is 0 Å². The van der Waals surface area contributed by atoms with Crippen LogP contribution in [0, 0.1) is 6.92 Å². The van der Waals surface area contributed by atoms with Crippen molar-refractivity contribution in [2.75, 3.05) is 0 Å². The predicted octanol–water partition coefficient (Wildman–Crippen LogP) is 21.1. The number of fused-ring (bicyclic) bond motifs is 1. The average molecular weight is 999 g/mol. The van der Waals surface area contributed by atoms with E-state index in [-0.39, 0.29) is 5.92 Å². The molecule has 1 atom stereocenters. The van der Waals surface area contributed by atoms with Gasteiger partial charge < -0.3 is 0 Å². The normalized spacial score (nSPS) is 11.8. The first-order valence-electron chi connectivity index (χ1n) is 26.4. The zero-order chi connectivity index (χ0) is 50.5. The zero-order valence-corrected chi connectivity index (χ0v) is 44.2. The van der Waals surface area contributed by atoms with Crippen molar-refractivity contribution in [3.05, 3.63) is 300 Å². The molecule has 10 aromatic carbocycles. The average Bonchev–Trinajstić information content (AvgIpc) is 4.20. The molecular formula is C73H58S2. The third-order valence-electron chi connectivity index (χ3n) is 14.9. The molecule has 0 saturated carbocycles. The quantitative estimate of drug-likeness (QED) is 0.0898. The summed E-state index contributed by atoms with van der Waals surface area (Å²) in [5, 5.41) is 2.62. The number of benzene rings is 10. The Hall–Kier alpha value is -8.14. The Morgan fingerprint density at radius 2 is 0.800 bits per heavy atom. The number of thiophene rings is 2. The van der Waals surface area contributed by atoms with E-state index in [9.17, 15) is 0 Å². The Kier molecular flexibility index (Phi) is 13.9. The minimum absolute atomic E-state index is 0.00949. The van der Waals surface area contributed by atoms with Gasteiger partial charge in [0.2, 0.25) is 0 Å². The molecule has 362 valence electrons. The van der Waals surface area contributed by atoms with Crippen LogP contribution in [0.1, 0.15) is 64.6 Å². The standard InChI is InChI=1S/C73H58S2/c1-3-4-35-63-50(2)71(62-48-60(69-41-39-67(74-69)54-28-14-7-15-29-54)47-61(49-62)70-42-40-68(75-70)55-30-16-8-17-31-55)65-37-22-23-38-66(65)73(63)72(56-32-18-9-19-33-56)64-36-21-20-34-57(64)43-51-44-58(52-24-10-5-11-25-52)46-59(45-51)53-26-12-6-13-27-53/h5-34,36-42,44-49,72H,3-4,35,43H2,1-2H3. The molecule has 0 bridgehead atoms. The number of rotatable bonds is 15. The molecule has 0 saturated heterocycles. The molecule has 0 fully saturated rings. The second-order valence-corrected chi connectivity index (χ2v) is 21.9. The second-order valence-electron chi connectivity index (χ2n) is 19.8. The largest absolute Gasteiger partial charge is 0.135 e. The van der Waals surface area contributed by atoms with Crippen LogP contribution in [-0.2, 0) is 12.8 Å². The van der Waals surface area contributed by atoms with E-state index >= 15 is 0 Å². The fraction of sp³-hybridized carbons (Fsp3) is 0.0959. The van der Waals surface area contributed by atoms with Crippen LogP contribution in [-0.4, -0.2) is 0 Å². The van der Waals surface area contributed by atoms with Crippen LogP contribution < -0.4 is 0 Å². The lowest BCUT2D eigenvalue weighted by Crippen LogP contribution is -2.13. The van der Waals surface area contributed by atoms with E-state index in [1.54, 1.807) is 0 Å². The molecular weight excluding hydrogens is 941 g/mol. The Morgan fingerprint density at radius 1 is 0.373 bits per heavy atom. The molecule has 0 nitrogen and oxygen atoms in total. The first kappa shape index (κ1) is 47.8. The topological polar surface area (TPSA) is 0 Å². The summed E-state index contributed by atoms with van der Waals surface area (Å²) in [5.74, 6) is -0.00949. The van der Waals surface area contributed by atoms with Gasteiger partial charge in [-0.05, 0) is 180 Å². The van der Waals surface area contributed by atoms with Gasteiger partial charge in [-0.15, -0.1) is 22.7 Å². The van der Waals surface area contributed by atoms with Crippen LogP contribution in [0.4, 0.5) is 0 Å². The van der Waals surface area contributed by atoms with Gasteiger partial charge in [0, 0.05) is 25.4 Å². The van der Waals surface area contributed by atoms with E-state index in [4.69, 9.17) is 0 Å². The van der Waals surface area contributed by atoms with Gasteiger partial charge in [0.15, 0.2) is 0 Å². The first-order valence-corrected chi connectivity index (χ1v) is 28.1. The van der Waals surface area contributed by atoms with Crippen molar-refractivity contribution in [1.82, 2.24) is 0 Å². The molecule has 0 N–H and O–H groups in total. The Balaban J connectivity index is 1.05. The molecule has 2 heteroatoms. The molecule has 75 heavy (non-hydrogen) atoms. The van der Waals surface area contributed by atoms with Gasteiger partial charge in [0.1, 0.15) is 0 Å². The monoisotopic (exact) mass is 998 g/mol. The fourth-order valence-corrected chi connectivity index (χ4v) is 13.3. The minimum atomic E-state index is -0.00949. The smallest absolute Gasteiger partial charge is 0.0351 e. The van der Waals surface area contributed by atoms with Crippen LogP contribution in [0.5, 0.6) is 0 Å². The summed E-state index contributed by atoms with van der Waals surface area (Å²) in [5.41, 5.74) is 22.1. The summed E-state index contributed by atoms with van der Waals surface area (Å²) in [6, 6.07) is 97.0. The molecule has 0 aliphatic rings. The minimum Gasteiger partial charge on any atom is -0.135 e. The maximum absolute atomic E-state index is 2.48. The van der Waals surface area contributed by atoms with Crippen molar-refractivity contribution in [3.63, 3.8) is 0 Å². The highest BCUT2D eigenvalue weighted by Crippen LogP contribution is 2.48. The van der Waals surface area contributed by atoms with Crippen LogP contribution in [0.3, 0.4) is 0 Å². The molecule has 0 aliphatic carbocycles. The number of hydrogen-bond acceptors (Lipinski definition) is 2. The number of hydrogen-bond donors (Lipinski definition) is 0. The summed E-state index contributed by atoms with van der Waals surface area (Å²) < 4.78 is 0. The SMILES string of the molecule is CCCCc1c(C)c(-c2cc(-c3ccc(-c4ccccc4)s3)cc(-c3ccc(-c4ccccc4)s3)c2)c2ccccc2c1C(c1ccccc1)c1ccccc1Cc1cc(-c2ccccc2)cc(-c2ccccc2)c1. The lowest BCUT2D eigenvalue weighted by molar-refractivity contribution is 0.779. The maximum atomic E-state index is 2.48. The molecule has 12 rings (SSSR count). The second kappa shape index (κ2) is 21.8. The molecule has 12 aromatic rings. The number of unbranched alkanes of at least 4 members (excludes halogenated alkanes) is 1. The Morgan fingerprint density at radius 3 is 1.33 bits per heavy atom. The van der Waals surface area contributed by atoms with Crippen molar-refractivity contribution in [1.29, 1.82) is 0 Å². The summed E-state index contributed by atoms with van der Waals surface area (Å²) >= 11 is 3.75. The van der Waals surface area contributed by atoms with Gasteiger partial charge in [-0.3, -0.25) is 0 Å². The highest BCUT2D eigenvalue weighted by atomic mass is 32.1. The first-order chi connectivity index (χ1) is 37.1. The molecule has 1 unspecified atom stereocenters. The Bertz CT molecular complexity index is 3730. The van der Waals surface area contributed by atoms with Crippen molar-refractivity contribution < 1.29 is 0 Å². The molecule has 0 radical (unpaired) electrons. The molecule has 2 heterocycles. The Labute approximate surface area is 451 Å². The fourth-order valence-electron chi connectivity index (χ4n) is 11.3. The van der Waals surface area contributed by atoms with E-state index in [0.717, 1.165) is 25.7 Å². The molecule has 2 aromatic heterocycles. The third-order valence-corrected chi connectivity index (χ3v) is 17.3. The zero-order valence-electron chi connectivity index (χ0n) is 42.5. The van der Waals surface area contributed by atoms with Crippen LogP contribution in [0.15, 0.2) is 261 Å². The van der Waals surface area contributed by atoms with E-state index in [1.807, 2.05) is 22.7 Å². The molecule has 0 amide bonds. The summed E-state index contributed by atoms with van der Waals surface area (Å²) in [7, 11) is 0. The van der Waals surface area contributed by atoms with Gasteiger partial charge in [-0.1, -0.05) is 226 Å². The summed E-state index contributed by atoms with van der Waals surface area (Å²) in [6.07, 6.45) is 4.00. The van der Waals surface area contributed by atoms with E-state index in [2.05, 4.69) is 275 Å². The van der Waals surface area contributed by atoms with Crippen molar-refractivity contribution in [2.45, 2.75) is 45.4 Å².